The summed E-state index contributed by atoms with van der Waals surface area (Å²) >= 11 is 6.69. The molecule has 0 aliphatic heterocycles. The molecule has 1 radical (unpaired) electrons. The van der Waals surface area contributed by atoms with Crippen molar-refractivity contribution in [2.24, 2.45) is 0 Å². The quantitative estimate of drug-likeness (QED) is 0.610. The summed E-state index contributed by atoms with van der Waals surface area (Å²) < 4.78 is 0. The molecule has 0 N–H and O–H groups in total. The lowest BCUT2D eigenvalue weighted by atomic mass is 10.2. The van der Waals surface area contributed by atoms with E-state index in [9.17, 15) is 0 Å². The van der Waals surface area contributed by atoms with Crippen LogP contribution in [-0.2, 0) is 6.42 Å². The molecule has 1 rings (SSSR count). The molecule has 0 nitrogen and oxygen atoms in total. The fourth-order valence-electron chi connectivity index (χ4n) is 0.856. The monoisotopic (exact) mass is 171 g/mol. The van der Waals surface area contributed by atoms with Crippen molar-refractivity contribution in [2.45, 2.75) is 19.3 Å². The van der Waals surface area contributed by atoms with Gasteiger partial charge in [-0.2, -0.15) is 0 Å². The molecule has 1 aromatic heterocycles. The van der Waals surface area contributed by atoms with Gasteiger partial charge in [-0.25, -0.2) is 0 Å². The molecular weight excluding hydrogens is 160 g/mol. The van der Waals surface area contributed by atoms with Gasteiger partial charge in [0, 0.05) is 10.6 Å². The zero-order valence-corrected chi connectivity index (χ0v) is 7.51. The van der Waals surface area contributed by atoms with Crippen molar-refractivity contribution in [3.05, 3.63) is 22.4 Å². The maximum atomic E-state index is 4.85. The van der Waals surface area contributed by atoms with E-state index in [1.807, 2.05) is 11.3 Å². The number of aryl methyl sites for hydroxylation is 1. The van der Waals surface area contributed by atoms with Gasteiger partial charge in [-0.05, 0) is 30.7 Å². The summed E-state index contributed by atoms with van der Waals surface area (Å²) in [6, 6.07) is 4.29. The summed E-state index contributed by atoms with van der Waals surface area (Å²) in [4.78, 5) is 1.49. The average Bonchev–Trinajstić information content (AvgIpc) is 2.41. The van der Waals surface area contributed by atoms with Gasteiger partial charge >= 0.3 is 0 Å². The van der Waals surface area contributed by atoms with Crippen molar-refractivity contribution in [3.63, 3.8) is 0 Å². The Morgan fingerprint density at radius 2 is 2.30 bits per heavy atom. The van der Waals surface area contributed by atoms with Crippen molar-refractivity contribution < 1.29 is 0 Å². The van der Waals surface area contributed by atoms with Gasteiger partial charge in [0.1, 0.15) is 0 Å². The van der Waals surface area contributed by atoms with E-state index in [2.05, 4.69) is 17.5 Å². The predicted octanol–water partition coefficient (Wildman–Crippen LogP) is 3.27. The van der Waals surface area contributed by atoms with E-state index in [0.29, 0.717) is 0 Å². The van der Waals surface area contributed by atoms with Gasteiger partial charge in [-0.15, -0.1) is 11.3 Å². The SMILES string of the molecule is [S]CCCCc1cccs1. The van der Waals surface area contributed by atoms with Crippen LogP contribution in [0.5, 0.6) is 0 Å². The molecule has 0 bridgehead atoms. The van der Waals surface area contributed by atoms with Gasteiger partial charge in [0.25, 0.3) is 0 Å². The van der Waals surface area contributed by atoms with E-state index >= 15 is 0 Å². The first-order valence-electron chi connectivity index (χ1n) is 3.54. The van der Waals surface area contributed by atoms with Crippen LogP contribution in [0, 0.1) is 0 Å². The molecule has 1 heterocycles. The lowest BCUT2D eigenvalue weighted by Gasteiger charge is -1.92. The maximum Gasteiger partial charge on any atom is 0.00452 e. The molecule has 0 amide bonds. The number of thiophene rings is 1. The first kappa shape index (κ1) is 8.15. The van der Waals surface area contributed by atoms with Crippen LogP contribution in [0.3, 0.4) is 0 Å². The molecule has 10 heavy (non-hydrogen) atoms. The van der Waals surface area contributed by atoms with Crippen LogP contribution in [0.1, 0.15) is 17.7 Å². The van der Waals surface area contributed by atoms with Gasteiger partial charge in [0.15, 0.2) is 0 Å². The molecule has 2 heteroatoms. The first-order valence-corrected chi connectivity index (χ1v) is 4.99. The summed E-state index contributed by atoms with van der Waals surface area (Å²) in [5.41, 5.74) is 0. The van der Waals surface area contributed by atoms with Crippen LogP contribution >= 0.6 is 24.0 Å². The number of hydrogen-bond acceptors (Lipinski definition) is 1. The van der Waals surface area contributed by atoms with Crippen LogP contribution in [0.15, 0.2) is 17.5 Å². The van der Waals surface area contributed by atoms with E-state index in [1.54, 1.807) is 0 Å². The molecule has 0 saturated heterocycles. The topological polar surface area (TPSA) is 0 Å². The second kappa shape index (κ2) is 4.80. The smallest absolute Gasteiger partial charge is 0.00452 e. The van der Waals surface area contributed by atoms with E-state index in [0.717, 1.165) is 5.75 Å². The fourth-order valence-corrected chi connectivity index (χ4v) is 1.81. The van der Waals surface area contributed by atoms with Gasteiger partial charge in [0.2, 0.25) is 0 Å². The summed E-state index contributed by atoms with van der Waals surface area (Å²) in [6.07, 6.45) is 3.66. The Bertz CT molecular complexity index is 156. The Morgan fingerprint density at radius 3 is 2.90 bits per heavy atom. The van der Waals surface area contributed by atoms with Gasteiger partial charge < -0.3 is 0 Å². The fraction of sp³-hybridized carbons (Fsp3) is 0.500. The Labute approximate surface area is 71.7 Å². The summed E-state index contributed by atoms with van der Waals surface area (Å²) in [7, 11) is 0. The molecule has 0 atom stereocenters. The molecule has 0 fully saturated rings. The molecule has 0 spiro atoms. The Hall–Kier alpha value is 0.0500. The second-order valence-corrected chi connectivity index (χ2v) is 3.68. The molecule has 0 aromatic carbocycles. The molecule has 1 aromatic rings. The third-order valence-electron chi connectivity index (χ3n) is 1.40. The van der Waals surface area contributed by atoms with Crippen LogP contribution in [0.4, 0.5) is 0 Å². The van der Waals surface area contributed by atoms with E-state index < -0.39 is 0 Å². The third kappa shape index (κ3) is 2.76. The average molecular weight is 171 g/mol. The van der Waals surface area contributed by atoms with Crippen molar-refractivity contribution in [2.75, 3.05) is 5.75 Å². The minimum Gasteiger partial charge on any atom is -0.149 e. The van der Waals surface area contributed by atoms with Crippen molar-refractivity contribution in [1.29, 1.82) is 0 Å². The van der Waals surface area contributed by atoms with Gasteiger partial charge in [-0.1, -0.05) is 18.7 Å². The summed E-state index contributed by atoms with van der Waals surface area (Å²) in [5, 5.41) is 2.13. The van der Waals surface area contributed by atoms with Crippen LogP contribution in [-0.4, -0.2) is 5.75 Å². The largest absolute Gasteiger partial charge is 0.149 e. The highest BCUT2D eigenvalue weighted by Crippen LogP contribution is 2.11. The molecule has 0 unspecified atom stereocenters. The van der Waals surface area contributed by atoms with Crippen LogP contribution in [0.25, 0.3) is 0 Å². The van der Waals surface area contributed by atoms with Crippen molar-refractivity contribution in [1.82, 2.24) is 0 Å². The van der Waals surface area contributed by atoms with E-state index in [-0.39, 0.29) is 0 Å². The predicted molar refractivity (Wildman–Crippen MR) is 49.7 cm³/mol. The summed E-state index contributed by atoms with van der Waals surface area (Å²) in [6.45, 7) is 0. The Kier molecular flexibility index (Phi) is 3.91. The molecule has 0 aliphatic carbocycles. The van der Waals surface area contributed by atoms with E-state index in [4.69, 9.17) is 12.6 Å². The highest BCUT2D eigenvalue weighted by molar-refractivity contribution is 7.80. The highest BCUT2D eigenvalue weighted by Gasteiger charge is 1.91. The third-order valence-corrected chi connectivity index (χ3v) is 2.62. The second-order valence-electron chi connectivity index (χ2n) is 2.24. The Morgan fingerprint density at radius 1 is 1.40 bits per heavy atom. The lowest BCUT2D eigenvalue weighted by Crippen LogP contribution is -1.80. The molecule has 55 valence electrons. The molecule has 0 saturated carbocycles. The standard InChI is InChI=1S/C8H11S2/c9-6-2-1-4-8-5-3-7-10-8/h3,5,7H,1-2,4,6H2. The van der Waals surface area contributed by atoms with Crippen molar-refractivity contribution in [3.8, 4) is 0 Å². The number of hydrogen-bond donors (Lipinski definition) is 0. The lowest BCUT2D eigenvalue weighted by molar-refractivity contribution is 0.813. The normalized spacial score (nSPS) is 10.1. The summed E-state index contributed by atoms with van der Waals surface area (Å²) in [5.74, 6) is 0.908. The van der Waals surface area contributed by atoms with Crippen LogP contribution in [0.2, 0.25) is 0 Å². The zero-order chi connectivity index (χ0) is 7.23. The van der Waals surface area contributed by atoms with Crippen molar-refractivity contribution >= 4 is 24.0 Å². The number of rotatable bonds is 4. The van der Waals surface area contributed by atoms with Crippen LogP contribution < -0.4 is 0 Å². The minimum atomic E-state index is 0.908. The van der Waals surface area contributed by atoms with E-state index in [1.165, 1.54) is 24.1 Å². The first-order chi connectivity index (χ1) is 4.93. The highest BCUT2D eigenvalue weighted by atomic mass is 32.1. The van der Waals surface area contributed by atoms with Gasteiger partial charge in [-0.3, -0.25) is 0 Å². The minimum absolute atomic E-state index is 0.908. The molecular formula is C8H11S2. The molecule has 0 aliphatic rings. The Balaban J connectivity index is 2.15. The zero-order valence-electron chi connectivity index (χ0n) is 5.88. The van der Waals surface area contributed by atoms with Gasteiger partial charge in [0.05, 0.1) is 0 Å². The number of unbranched alkanes of at least 4 members (excludes halogenated alkanes) is 1. The maximum absolute atomic E-state index is 4.85.